The Morgan fingerprint density at radius 1 is 1.25 bits per heavy atom. The molecule has 0 radical (unpaired) electrons. The molecule has 0 spiro atoms. The Labute approximate surface area is 139 Å². The summed E-state index contributed by atoms with van der Waals surface area (Å²) in [5.74, 6) is 0. The lowest BCUT2D eigenvalue weighted by Crippen LogP contribution is -2.31. The molecule has 2 aromatic heterocycles. The third-order valence-corrected chi connectivity index (χ3v) is 5.50. The highest BCUT2D eigenvalue weighted by Crippen LogP contribution is 2.25. The molecule has 0 atom stereocenters. The molecule has 24 heavy (non-hydrogen) atoms. The van der Waals surface area contributed by atoms with Crippen molar-refractivity contribution in [3.63, 3.8) is 0 Å². The zero-order valence-electron chi connectivity index (χ0n) is 13.0. The molecule has 2 heterocycles. The van der Waals surface area contributed by atoms with E-state index in [1.165, 1.54) is 16.8 Å². The fourth-order valence-corrected chi connectivity index (χ4v) is 3.91. The number of aryl methyl sites for hydroxylation is 1. The minimum Gasteiger partial charge on any atom is -0.288 e. The number of sulfonamides is 1. The van der Waals surface area contributed by atoms with Crippen LogP contribution in [0.5, 0.6) is 0 Å². The maximum Gasteiger partial charge on any atom is 0.269 e. The lowest BCUT2D eigenvalue weighted by Gasteiger charge is -2.22. The normalized spacial score (nSPS) is 11.3. The fourth-order valence-electron chi connectivity index (χ4n) is 2.42. The standard InChI is InChI=1S/C16H15N5O2S/c1-2-13-5-7-14(8-6-13)21(11-9-17)24(22,23)15-4-3-10-20-12-18-19-16(15)20/h3-8,10,12H,2,11H2,1H3. The Balaban J connectivity index is 2.13. The van der Waals surface area contributed by atoms with Crippen molar-refractivity contribution in [2.75, 3.05) is 10.8 Å². The monoisotopic (exact) mass is 341 g/mol. The summed E-state index contributed by atoms with van der Waals surface area (Å²) in [5.41, 5.74) is 1.76. The van der Waals surface area contributed by atoms with Gasteiger partial charge in [-0.05, 0) is 36.2 Å². The van der Waals surface area contributed by atoms with Crippen molar-refractivity contribution >= 4 is 21.4 Å². The number of benzene rings is 1. The average Bonchev–Trinajstić information content (AvgIpc) is 3.08. The molecule has 122 valence electrons. The van der Waals surface area contributed by atoms with Crippen LogP contribution in [-0.4, -0.2) is 29.6 Å². The van der Waals surface area contributed by atoms with Gasteiger partial charge in [-0.1, -0.05) is 19.1 Å². The molecule has 0 bridgehead atoms. The van der Waals surface area contributed by atoms with Gasteiger partial charge in [0.25, 0.3) is 10.0 Å². The summed E-state index contributed by atoms with van der Waals surface area (Å²) in [4.78, 5) is 0.0114. The SMILES string of the molecule is CCc1ccc(N(CC#N)S(=O)(=O)c2cccn3cnnc23)cc1. The molecule has 0 aliphatic carbocycles. The van der Waals surface area contributed by atoms with Crippen LogP contribution in [0.1, 0.15) is 12.5 Å². The molecule has 3 rings (SSSR count). The quantitative estimate of drug-likeness (QED) is 0.662. The number of nitriles is 1. The Morgan fingerprint density at radius 3 is 2.67 bits per heavy atom. The molecular formula is C16H15N5O2S. The van der Waals surface area contributed by atoms with Gasteiger partial charge in [-0.2, -0.15) is 5.26 Å². The van der Waals surface area contributed by atoms with Crippen LogP contribution in [0.3, 0.4) is 0 Å². The minimum atomic E-state index is -3.94. The maximum atomic E-state index is 13.1. The van der Waals surface area contributed by atoms with E-state index in [9.17, 15) is 8.42 Å². The van der Waals surface area contributed by atoms with Gasteiger partial charge in [0.05, 0.1) is 11.8 Å². The number of hydrogen-bond donors (Lipinski definition) is 0. The second-order valence-electron chi connectivity index (χ2n) is 5.12. The molecule has 0 amide bonds. The van der Waals surface area contributed by atoms with Gasteiger partial charge in [0.15, 0.2) is 5.65 Å². The van der Waals surface area contributed by atoms with E-state index in [4.69, 9.17) is 5.26 Å². The number of pyridine rings is 1. The highest BCUT2D eigenvalue weighted by atomic mass is 32.2. The fraction of sp³-hybridized carbons (Fsp3) is 0.188. The number of fused-ring (bicyclic) bond motifs is 1. The first-order chi connectivity index (χ1) is 11.6. The van der Waals surface area contributed by atoms with Gasteiger partial charge in [0.1, 0.15) is 17.8 Å². The molecule has 0 saturated carbocycles. The van der Waals surface area contributed by atoms with Crippen molar-refractivity contribution in [2.24, 2.45) is 0 Å². The zero-order chi connectivity index (χ0) is 17.2. The minimum absolute atomic E-state index is 0.0114. The van der Waals surface area contributed by atoms with E-state index in [2.05, 4.69) is 10.2 Å². The molecular weight excluding hydrogens is 326 g/mol. The third-order valence-electron chi connectivity index (χ3n) is 3.70. The lowest BCUT2D eigenvalue weighted by molar-refractivity contribution is 0.593. The predicted octanol–water partition coefficient (Wildman–Crippen LogP) is 2.01. The first-order valence-corrected chi connectivity index (χ1v) is 8.79. The van der Waals surface area contributed by atoms with E-state index < -0.39 is 10.0 Å². The molecule has 7 nitrogen and oxygen atoms in total. The van der Waals surface area contributed by atoms with Crippen molar-refractivity contribution in [3.8, 4) is 6.07 Å². The Bertz CT molecular complexity index is 1000. The van der Waals surface area contributed by atoms with Gasteiger partial charge in [-0.15, -0.1) is 10.2 Å². The van der Waals surface area contributed by atoms with Crippen molar-refractivity contribution in [1.29, 1.82) is 5.26 Å². The van der Waals surface area contributed by atoms with E-state index >= 15 is 0 Å². The Hall–Kier alpha value is -2.92. The number of anilines is 1. The van der Waals surface area contributed by atoms with Crippen LogP contribution in [0.15, 0.2) is 53.8 Å². The number of rotatable bonds is 5. The average molecular weight is 341 g/mol. The van der Waals surface area contributed by atoms with Crippen molar-refractivity contribution in [3.05, 3.63) is 54.5 Å². The summed E-state index contributed by atoms with van der Waals surface area (Å²) in [6.07, 6.45) is 3.95. The topological polar surface area (TPSA) is 91.4 Å². The zero-order valence-corrected chi connectivity index (χ0v) is 13.8. The molecule has 0 fully saturated rings. The van der Waals surface area contributed by atoms with Crippen LogP contribution in [-0.2, 0) is 16.4 Å². The highest BCUT2D eigenvalue weighted by molar-refractivity contribution is 7.93. The van der Waals surface area contributed by atoms with E-state index in [1.54, 1.807) is 24.4 Å². The second kappa shape index (κ2) is 6.29. The van der Waals surface area contributed by atoms with Crippen molar-refractivity contribution in [2.45, 2.75) is 18.2 Å². The molecule has 8 heteroatoms. The van der Waals surface area contributed by atoms with Gasteiger partial charge in [0, 0.05) is 6.20 Å². The second-order valence-corrected chi connectivity index (χ2v) is 6.95. The molecule has 1 aromatic carbocycles. The largest absolute Gasteiger partial charge is 0.288 e. The summed E-state index contributed by atoms with van der Waals surface area (Å²) in [5, 5.41) is 16.7. The summed E-state index contributed by atoms with van der Waals surface area (Å²) in [7, 11) is -3.94. The van der Waals surface area contributed by atoms with Gasteiger partial charge in [0.2, 0.25) is 0 Å². The summed E-state index contributed by atoms with van der Waals surface area (Å²) >= 11 is 0. The smallest absolute Gasteiger partial charge is 0.269 e. The van der Waals surface area contributed by atoms with Crippen LogP contribution >= 0.6 is 0 Å². The predicted molar refractivity (Wildman–Crippen MR) is 89.0 cm³/mol. The van der Waals surface area contributed by atoms with Crippen molar-refractivity contribution in [1.82, 2.24) is 14.6 Å². The van der Waals surface area contributed by atoms with Crippen LogP contribution in [0.4, 0.5) is 5.69 Å². The number of aromatic nitrogens is 3. The van der Waals surface area contributed by atoms with Crippen LogP contribution in [0.2, 0.25) is 0 Å². The third kappa shape index (κ3) is 2.70. The first kappa shape index (κ1) is 16.0. The molecule has 0 N–H and O–H groups in total. The van der Waals surface area contributed by atoms with E-state index in [1.807, 2.05) is 25.1 Å². The Morgan fingerprint density at radius 2 is 2.00 bits per heavy atom. The van der Waals surface area contributed by atoms with Crippen LogP contribution < -0.4 is 4.31 Å². The van der Waals surface area contributed by atoms with E-state index in [-0.39, 0.29) is 17.1 Å². The molecule has 0 aliphatic rings. The van der Waals surface area contributed by atoms with Gasteiger partial charge >= 0.3 is 0 Å². The molecule has 0 aliphatic heterocycles. The van der Waals surface area contributed by atoms with Gasteiger partial charge < -0.3 is 0 Å². The molecule has 0 saturated heterocycles. The van der Waals surface area contributed by atoms with Crippen molar-refractivity contribution < 1.29 is 8.42 Å². The van der Waals surface area contributed by atoms with Gasteiger partial charge in [-0.25, -0.2) is 8.42 Å². The van der Waals surface area contributed by atoms with E-state index in [0.29, 0.717) is 5.69 Å². The Kier molecular flexibility index (Phi) is 4.18. The van der Waals surface area contributed by atoms with E-state index in [0.717, 1.165) is 16.3 Å². The number of nitrogens with zero attached hydrogens (tertiary/aromatic N) is 5. The summed E-state index contributed by atoms with van der Waals surface area (Å²) in [6, 6.07) is 12.1. The number of hydrogen-bond acceptors (Lipinski definition) is 5. The lowest BCUT2D eigenvalue weighted by atomic mass is 10.1. The summed E-state index contributed by atoms with van der Waals surface area (Å²) < 4.78 is 28.8. The van der Waals surface area contributed by atoms with Gasteiger partial charge in [-0.3, -0.25) is 8.71 Å². The van der Waals surface area contributed by atoms with Crippen LogP contribution in [0, 0.1) is 11.3 Å². The molecule has 3 aromatic rings. The maximum absolute atomic E-state index is 13.1. The highest BCUT2D eigenvalue weighted by Gasteiger charge is 2.28. The summed E-state index contributed by atoms with van der Waals surface area (Å²) in [6.45, 7) is 1.73. The first-order valence-electron chi connectivity index (χ1n) is 7.35. The van der Waals surface area contributed by atoms with Crippen LogP contribution in [0.25, 0.3) is 5.65 Å². The molecule has 0 unspecified atom stereocenters.